The average Bonchev–Trinajstić information content (AvgIpc) is 2.43. The molecular weight excluding hydrogens is 204 g/mol. The van der Waals surface area contributed by atoms with Crippen molar-refractivity contribution in [2.45, 2.75) is 6.42 Å². The zero-order chi connectivity index (χ0) is 10.3. The summed E-state index contributed by atoms with van der Waals surface area (Å²) in [4.78, 5) is 22.1. The Labute approximate surface area is 85.3 Å². The van der Waals surface area contributed by atoms with E-state index >= 15 is 0 Å². The zero-order valence-corrected chi connectivity index (χ0v) is 7.88. The van der Waals surface area contributed by atoms with Gasteiger partial charge in [0.1, 0.15) is 0 Å². The van der Waals surface area contributed by atoms with Crippen LogP contribution >= 0.6 is 11.6 Å². The van der Waals surface area contributed by atoms with Crippen LogP contribution in [0, 0.1) is 5.92 Å². The second kappa shape index (κ2) is 3.10. The van der Waals surface area contributed by atoms with Crippen LogP contribution in [0.2, 0.25) is 5.02 Å². The smallest absolute Gasteiger partial charge is 0.172 e. The highest BCUT2D eigenvalue weighted by atomic mass is 35.5. The number of carboxylic acid groups (broad SMARTS) is 1. The molecule has 0 aliphatic heterocycles. The van der Waals surface area contributed by atoms with Gasteiger partial charge in [0.05, 0.1) is 11.9 Å². The molecule has 0 fully saturated rings. The number of ketones is 1. The third-order valence-corrected chi connectivity index (χ3v) is 2.59. The molecule has 1 aliphatic carbocycles. The van der Waals surface area contributed by atoms with Crippen molar-refractivity contribution in [3.8, 4) is 0 Å². The van der Waals surface area contributed by atoms with E-state index in [-0.39, 0.29) is 12.2 Å². The molecule has 0 spiro atoms. The number of halogens is 1. The Morgan fingerprint density at radius 1 is 1.50 bits per heavy atom. The quantitative estimate of drug-likeness (QED) is 0.631. The monoisotopic (exact) mass is 209 g/mol. The Hall–Kier alpha value is -1.35. The second-order valence-corrected chi connectivity index (χ2v) is 3.68. The molecule has 1 atom stereocenters. The molecule has 0 N–H and O–H groups in total. The van der Waals surface area contributed by atoms with Gasteiger partial charge in [0.2, 0.25) is 0 Å². The predicted molar refractivity (Wildman–Crippen MR) is 48.0 cm³/mol. The number of rotatable bonds is 1. The molecule has 0 amide bonds. The Morgan fingerprint density at radius 2 is 2.21 bits per heavy atom. The summed E-state index contributed by atoms with van der Waals surface area (Å²) in [6.45, 7) is 0. The molecule has 1 aromatic rings. The van der Waals surface area contributed by atoms with Crippen LogP contribution in [0.25, 0.3) is 0 Å². The van der Waals surface area contributed by atoms with E-state index in [0.717, 1.165) is 0 Å². The highest BCUT2D eigenvalue weighted by molar-refractivity contribution is 6.31. The topological polar surface area (TPSA) is 57.2 Å². The number of hydrogen-bond donors (Lipinski definition) is 0. The van der Waals surface area contributed by atoms with Gasteiger partial charge in [-0.3, -0.25) is 4.79 Å². The van der Waals surface area contributed by atoms with E-state index in [1.54, 1.807) is 18.2 Å². The lowest BCUT2D eigenvalue weighted by Gasteiger charge is -2.07. The van der Waals surface area contributed by atoms with Crippen molar-refractivity contribution in [1.29, 1.82) is 0 Å². The van der Waals surface area contributed by atoms with Gasteiger partial charge in [-0.25, -0.2) is 0 Å². The van der Waals surface area contributed by atoms with Crippen molar-refractivity contribution in [3.05, 3.63) is 34.3 Å². The van der Waals surface area contributed by atoms with Crippen LogP contribution in [0.1, 0.15) is 15.9 Å². The standard InChI is InChI=1S/C10H7ClO3/c11-6-1-2-7-5(3-6)4-8(9(7)12)10(13)14/h1-3,8H,4H2,(H,13,14)/p-1. The molecule has 0 saturated heterocycles. The molecule has 4 heteroatoms. The van der Waals surface area contributed by atoms with E-state index in [0.29, 0.717) is 16.1 Å². The van der Waals surface area contributed by atoms with Gasteiger partial charge in [0.25, 0.3) is 0 Å². The van der Waals surface area contributed by atoms with E-state index in [4.69, 9.17) is 11.6 Å². The van der Waals surface area contributed by atoms with E-state index in [9.17, 15) is 14.7 Å². The Morgan fingerprint density at radius 3 is 2.86 bits per heavy atom. The number of carboxylic acids is 1. The van der Waals surface area contributed by atoms with E-state index in [2.05, 4.69) is 0 Å². The summed E-state index contributed by atoms with van der Waals surface area (Å²) in [5.41, 5.74) is 1.14. The lowest BCUT2D eigenvalue weighted by molar-refractivity contribution is -0.309. The Kier molecular flexibility index (Phi) is 2.04. The maximum absolute atomic E-state index is 11.5. The molecule has 1 aliphatic rings. The fourth-order valence-corrected chi connectivity index (χ4v) is 1.86. The summed E-state index contributed by atoms with van der Waals surface area (Å²) in [6.07, 6.45) is 0.192. The van der Waals surface area contributed by atoms with Gasteiger partial charge in [0, 0.05) is 10.6 Å². The van der Waals surface area contributed by atoms with Crippen molar-refractivity contribution in [2.24, 2.45) is 5.92 Å². The molecule has 2 rings (SSSR count). The zero-order valence-electron chi connectivity index (χ0n) is 7.12. The molecule has 3 nitrogen and oxygen atoms in total. The molecule has 0 saturated carbocycles. The maximum atomic E-state index is 11.5. The van der Waals surface area contributed by atoms with E-state index in [1.165, 1.54) is 0 Å². The number of benzene rings is 1. The SMILES string of the molecule is O=C([O-])C1Cc2cc(Cl)ccc2C1=O. The lowest BCUT2D eigenvalue weighted by atomic mass is 10.1. The van der Waals surface area contributed by atoms with Crippen molar-refractivity contribution in [2.75, 3.05) is 0 Å². The Bertz CT molecular complexity index is 425. The first kappa shape index (κ1) is 9.21. The van der Waals surface area contributed by atoms with Gasteiger partial charge in [0.15, 0.2) is 5.78 Å². The van der Waals surface area contributed by atoms with Gasteiger partial charge in [-0.2, -0.15) is 0 Å². The van der Waals surface area contributed by atoms with Crippen LogP contribution in [-0.2, 0) is 11.2 Å². The highest BCUT2D eigenvalue weighted by Crippen LogP contribution is 2.28. The molecule has 0 heterocycles. The molecule has 0 bridgehead atoms. The lowest BCUT2D eigenvalue weighted by Crippen LogP contribution is -2.34. The van der Waals surface area contributed by atoms with Gasteiger partial charge in [-0.15, -0.1) is 0 Å². The number of aliphatic carboxylic acids is 1. The maximum Gasteiger partial charge on any atom is 0.172 e. The average molecular weight is 210 g/mol. The predicted octanol–water partition coefficient (Wildman–Crippen LogP) is 0.445. The molecule has 14 heavy (non-hydrogen) atoms. The summed E-state index contributed by atoms with van der Waals surface area (Å²) in [6, 6.07) is 4.76. The first-order chi connectivity index (χ1) is 6.59. The summed E-state index contributed by atoms with van der Waals surface area (Å²) in [5.74, 6) is -2.73. The summed E-state index contributed by atoms with van der Waals surface area (Å²) in [5, 5.41) is 11.1. The third-order valence-electron chi connectivity index (χ3n) is 2.36. The molecule has 1 aromatic carbocycles. The summed E-state index contributed by atoms with van der Waals surface area (Å²) >= 11 is 5.72. The van der Waals surface area contributed by atoms with Crippen LogP contribution in [0.4, 0.5) is 0 Å². The van der Waals surface area contributed by atoms with Gasteiger partial charge in [-0.1, -0.05) is 11.6 Å². The van der Waals surface area contributed by atoms with Crippen LogP contribution in [0.5, 0.6) is 0 Å². The largest absolute Gasteiger partial charge is 0.549 e. The van der Waals surface area contributed by atoms with Gasteiger partial charge >= 0.3 is 0 Å². The molecule has 0 aromatic heterocycles. The number of carbonyl (C=O) groups is 2. The molecule has 72 valence electrons. The molecule has 1 unspecified atom stereocenters. The van der Waals surface area contributed by atoms with Crippen LogP contribution < -0.4 is 5.11 Å². The third kappa shape index (κ3) is 1.30. The van der Waals surface area contributed by atoms with Gasteiger partial charge < -0.3 is 9.90 Å². The number of Topliss-reactive ketones (excluding diaryl/α,β-unsaturated/α-hetero) is 1. The van der Waals surface area contributed by atoms with Crippen LogP contribution in [0.3, 0.4) is 0 Å². The van der Waals surface area contributed by atoms with E-state index < -0.39 is 11.9 Å². The van der Waals surface area contributed by atoms with Crippen molar-refractivity contribution >= 4 is 23.4 Å². The number of carbonyl (C=O) groups excluding carboxylic acids is 2. The summed E-state index contributed by atoms with van der Waals surface area (Å²) in [7, 11) is 0. The first-order valence-electron chi connectivity index (χ1n) is 4.13. The molecular formula is C10H6ClO3-. The fraction of sp³-hybridized carbons (Fsp3) is 0.200. The number of hydrogen-bond acceptors (Lipinski definition) is 3. The highest BCUT2D eigenvalue weighted by Gasteiger charge is 2.31. The summed E-state index contributed by atoms with van der Waals surface area (Å²) < 4.78 is 0. The van der Waals surface area contributed by atoms with Gasteiger partial charge in [-0.05, 0) is 30.2 Å². The number of fused-ring (bicyclic) bond motifs is 1. The molecule has 0 radical (unpaired) electrons. The minimum atomic E-state index is -1.32. The van der Waals surface area contributed by atoms with Crippen molar-refractivity contribution in [3.63, 3.8) is 0 Å². The van der Waals surface area contributed by atoms with Crippen LogP contribution in [-0.4, -0.2) is 11.8 Å². The van der Waals surface area contributed by atoms with Crippen molar-refractivity contribution < 1.29 is 14.7 Å². The fourth-order valence-electron chi connectivity index (χ4n) is 1.66. The Balaban J connectivity index is 2.45. The van der Waals surface area contributed by atoms with Crippen LogP contribution in [0.15, 0.2) is 18.2 Å². The van der Waals surface area contributed by atoms with Crippen molar-refractivity contribution in [1.82, 2.24) is 0 Å². The normalized spacial score (nSPS) is 19.5. The van der Waals surface area contributed by atoms with E-state index in [1.807, 2.05) is 0 Å². The first-order valence-corrected chi connectivity index (χ1v) is 4.51. The second-order valence-electron chi connectivity index (χ2n) is 3.24. The minimum absolute atomic E-state index is 0.192. The minimum Gasteiger partial charge on any atom is -0.549 e.